The molecule has 0 atom stereocenters. The summed E-state index contributed by atoms with van der Waals surface area (Å²) in [6, 6.07) is 17.7. The molecule has 6 nitrogen and oxygen atoms in total. The molecule has 0 aliphatic heterocycles. The zero-order valence-electron chi connectivity index (χ0n) is 15.1. The fourth-order valence-electron chi connectivity index (χ4n) is 2.81. The lowest BCUT2D eigenvalue weighted by molar-refractivity contribution is 0.469. The summed E-state index contributed by atoms with van der Waals surface area (Å²) in [6.07, 6.45) is 1.43. The van der Waals surface area contributed by atoms with Gasteiger partial charge in [0.25, 0.3) is 0 Å². The molecule has 4 rings (SSSR count). The van der Waals surface area contributed by atoms with E-state index in [1.54, 1.807) is 0 Å². The second-order valence-corrected chi connectivity index (χ2v) is 6.26. The standard InChI is InChI=1S/C21H19N5O/c1-13-6-3-4-8-16(13)26-20-18(22)21(24-12-23-20)27-17-9-5-7-15-11-10-14(2)25-19(15)17/h3-12H,22H2,1-2H3,(H,23,24,26). The average Bonchev–Trinajstić information content (AvgIpc) is 2.67. The van der Waals surface area contributed by atoms with Gasteiger partial charge in [0.2, 0.25) is 5.88 Å². The number of pyridine rings is 1. The first kappa shape index (κ1) is 16.8. The molecule has 3 N–H and O–H groups in total. The number of hydrogen-bond acceptors (Lipinski definition) is 6. The molecule has 2 aromatic heterocycles. The van der Waals surface area contributed by atoms with Crippen LogP contribution in [-0.2, 0) is 0 Å². The van der Waals surface area contributed by atoms with Gasteiger partial charge in [0.15, 0.2) is 11.6 Å². The lowest BCUT2D eigenvalue weighted by Gasteiger charge is -2.13. The lowest BCUT2D eigenvalue weighted by Crippen LogP contribution is -2.04. The van der Waals surface area contributed by atoms with Crippen LogP contribution in [0, 0.1) is 13.8 Å². The fraction of sp³-hybridized carbons (Fsp3) is 0.0952. The number of nitrogens with zero attached hydrogens (tertiary/aromatic N) is 3. The van der Waals surface area contributed by atoms with E-state index < -0.39 is 0 Å². The van der Waals surface area contributed by atoms with E-state index in [4.69, 9.17) is 10.5 Å². The number of anilines is 3. The van der Waals surface area contributed by atoms with Gasteiger partial charge in [0.1, 0.15) is 17.5 Å². The number of rotatable bonds is 4. The molecule has 0 unspecified atom stereocenters. The van der Waals surface area contributed by atoms with Crippen molar-refractivity contribution in [1.29, 1.82) is 0 Å². The molecule has 0 saturated carbocycles. The minimum atomic E-state index is 0.289. The van der Waals surface area contributed by atoms with Crippen LogP contribution in [0.4, 0.5) is 17.2 Å². The average molecular weight is 357 g/mol. The molecule has 0 fully saturated rings. The van der Waals surface area contributed by atoms with Gasteiger partial charge in [0, 0.05) is 16.8 Å². The highest BCUT2D eigenvalue weighted by atomic mass is 16.5. The Bertz CT molecular complexity index is 1130. The molecule has 2 heterocycles. The topological polar surface area (TPSA) is 86.0 Å². The summed E-state index contributed by atoms with van der Waals surface area (Å²) >= 11 is 0. The van der Waals surface area contributed by atoms with E-state index in [1.807, 2.05) is 68.4 Å². The Kier molecular flexibility index (Phi) is 4.30. The molecule has 27 heavy (non-hydrogen) atoms. The number of nitrogen functional groups attached to an aromatic ring is 1. The van der Waals surface area contributed by atoms with Gasteiger partial charge in [-0.3, -0.25) is 0 Å². The number of nitrogens with one attached hydrogen (secondary N) is 1. The lowest BCUT2D eigenvalue weighted by atomic mass is 10.2. The Morgan fingerprint density at radius 2 is 1.78 bits per heavy atom. The van der Waals surface area contributed by atoms with Crippen LogP contribution < -0.4 is 15.8 Å². The largest absolute Gasteiger partial charge is 0.435 e. The molecule has 4 aromatic rings. The number of ether oxygens (including phenoxy) is 1. The first-order valence-electron chi connectivity index (χ1n) is 8.59. The van der Waals surface area contributed by atoms with E-state index in [0.29, 0.717) is 17.3 Å². The molecule has 6 heteroatoms. The molecular formula is C21H19N5O. The van der Waals surface area contributed by atoms with Crippen LogP contribution in [-0.4, -0.2) is 15.0 Å². The van der Waals surface area contributed by atoms with Crippen LogP contribution >= 0.6 is 0 Å². The predicted molar refractivity (Wildman–Crippen MR) is 107 cm³/mol. The van der Waals surface area contributed by atoms with E-state index in [2.05, 4.69) is 20.3 Å². The van der Waals surface area contributed by atoms with Crippen molar-refractivity contribution in [2.75, 3.05) is 11.1 Å². The van der Waals surface area contributed by atoms with Crippen molar-refractivity contribution in [2.45, 2.75) is 13.8 Å². The zero-order valence-corrected chi connectivity index (χ0v) is 15.1. The Balaban J connectivity index is 1.70. The number of fused-ring (bicyclic) bond motifs is 1. The molecule has 0 amide bonds. The molecule has 0 bridgehead atoms. The summed E-state index contributed by atoms with van der Waals surface area (Å²) in [5.74, 6) is 1.39. The molecule has 0 saturated heterocycles. The Labute approximate surface area is 157 Å². The third kappa shape index (κ3) is 3.37. The van der Waals surface area contributed by atoms with Crippen molar-refractivity contribution in [1.82, 2.24) is 15.0 Å². The molecule has 0 radical (unpaired) electrons. The smallest absolute Gasteiger partial charge is 0.248 e. The van der Waals surface area contributed by atoms with E-state index in [-0.39, 0.29) is 5.88 Å². The van der Waals surface area contributed by atoms with Crippen molar-refractivity contribution in [3.63, 3.8) is 0 Å². The summed E-state index contributed by atoms with van der Waals surface area (Å²) in [6.45, 7) is 3.96. The van der Waals surface area contributed by atoms with E-state index in [9.17, 15) is 0 Å². The Morgan fingerprint density at radius 3 is 2.63 bits per heavy atom. The van der Waals surface area contributed by atoms with Crippen molar-refractivity contribution in [3.05, 3.63) is 72.2 Å². The van der Waals surface area contributed by atoms with Crippen molar-refractivity contribution in [2.24, 2.45) is 0 Å². The zero-order chi connectivity index (χ0) is 18.8. The summed E-state index contributed by atoms with van der Waals surface area (Å²) in [7, 11) is 0. The summed E-state index contributed by atoms with van der Waals surface area (Å²) in [4.78, 5) is 13.0. The number of para-hydroxylation sites is 2. The normalized spacial score (nSPS) is 10.7. The first-order valence-corrected chi connectivity index (χ1v) is 8.59. The maximum absolute atomic E-state index is 6.27. The van der Waals surface area contributed by atoms with Gasteiger partial charge in [-0.15, -0.1) is 0 Å². The van der Waals surface area contributed by atoms with Crippen LogP contribution in [0.2, 0.25) is 0 Å². The quantitative estimate of drug-likeness (QED) is 0.548. The molecule has 134 valence electrons. The summed E-state index contributed by atoms with van der Waals surface area (Å²) < 4.78 is 6.01. The maximum atomic E-state index is 6.27. The Morgan fingerprint density at radius 1 is 0.926 bits per heavy atom. The van der Waals surface area contributed by atoms with Crippen LogP contribution in [0.15, 0.2) is 60.9 Å². The highest BCUT2D eigenvalue weighted by molar-refractivity contribution is 5.85. The van der Waals surface area contributed by atoms with Gasteiger partial charge < -0.3 is 15.8 Å². The fourth-order valence-corrected chi connectivity index (χ4v) is 2.81. The SMILES string of the molecule is Cc1ccc2cccc(Oc3ncnc(Nc4ccccc4C)c3N)c2n1. The van der Waals surface area contributed by atoms with Crippen LogP contribution in [0.25, 0.3) is 10.9 Å². The van der Waals surface area contributed by atoms with Gasteiger partial charge >= 0.3 is 0 Å². The molecular weight excluding hydrogens is 338 g/mol. The third-order valence-electron chi connectivity index (χ3n) is 4.27. The highest BCUT2D eigenvalue weighted by Gasteiger charge is 2.13. The van der Waals surface area contributed by atoms with Crippen LogP contribution in [0.1, 0.15) is 11.3 Å². The number of benzene rings is 2. The number of aromatic nitrogens is 3. The maximum Gasteiger partial charge on any atom is 0.248 e. The number of nitrogens with two attached hydrogens (primary N) is 1. The second kappa shape index (κ2) is 6.92. The first-order chi connectivity index (χ1) is 13.1. The van der Waals surface area contributed by atoms with Gasteiger partial charge in [-0.2, -0.15) is 4.98 Å². The minimum absolute atomic E-state index is 0.289. The van der Waals surface area contributed by atoms with E-state index in [1.165, 1.54) is 6.33 Å². The molecule has 0 aliphatic carbocycles. The summed E-state index contributed by atoms with van der Waals surface area (Å²) in [5, 5.41) is 4.23. The van der Waals surface area contributed by atoms with Gasteiger partial charge in [0.05, 0.1) is 0 Å². The third-order valence-corrected chi connectivity index (χ3v) is 4.27. The van der Waals surface area contributed by atoms with Crippen LogP contribution in [0.5, 0.6) is 11.6 Å². The molecule has 0 spiro atoms. The van der Waals surface area contributed by atoms with E-state index in [0.717, 1.165) is 27.8 Å². The number of hydrogen-bond donors (Lipinski definition) is 2. The predicted octanol–water partition coefficient (Wildman–Crippen LogP) is 4.76. The van der Waals surface area contributed by atoms with Crippen molar-refractivity contribution >= 4 is 28.1 Å². The van der Waals surface area contributed by atoms with E-state index >= 15 is 0 Å². The molecule has 2 aromatic carbocycles. The van der Waals surface area contributed by atoms with Crippen molar-refractivity contribution < 1.29 is 4.74 Å². The van der Waals surface area contributed by atoms with Crippen LogP contribution in [0.3, 0.4) is 0 Å². The Hall–Kier alpha value is -3.67. The highest BCUT2D eigenvalue weighted by Crippen LogP contribution is 2.34. The second-order valence-electron chi connectivity index (χ2n) is 6.26. The minimum Gasteiger partial charge on any atom is -0.435 e. The summed E-state index contributed by atoms with van der Waals surface area (Å²) in [5.41, 5.74) is 10.3. The monoisotopic (exact) mass is 357 g/mol. The van der Waals surface area contributed by atoms with Gasteiger partial charge in [-0.25, -0.2) is 9.97 Å². The number of aryl methyl sites for hydroxylation is 2. The van der Waals surface area contributed by atoms with Gasteiger partial charge in [-0.05, 0) is 37.6 Å². The van der Waals surface area contributed by atoms with Gasteiger partial charge in [-0.1, -0.05) is 36.4 Å². The van der Waals surface area contributed by atoms with Crippen molar-refractivity contribution in [3.8, 4) is 11.6 Å². The molecule has 0 aliphatic rings.